The zero-order chi connectivity index (χ0) is 20.3. The van der Waals surface area contributed by atoms with Gasteiger partial charge in [0.2, 0.25) is 21.8 Å². The van der Waals surface area contributed by atoms with Crippen LogP contribution in [0.15, 0.2) is 48.5 Å². The molecule has 1 aliphatic rings. The summed E-state index contributed by atoms with van der Waals surface area (Å²) in [6, 6.07) is 14.2. The summed E-state index contributed by atoms with van der Waals surface area (Å²) in [7, 11) is -3.36. The predicted molar refractivity (Wildman–Crippen MR) is 110 cm³/mol. The molecule has 2 N–H and O–H groups in total. The van der Waals surface area contributed by atoms with Crippen LogP contribution in [0, 0.1) is 12.8 Å². The summed E-state index contributed by atoms with van der Waals surface area (Å²) in [4.78, 5) is 26.5. The summed E-state index contributed by atoms with van der Waals surface area (Å²) >= 11 is 0. The van der Waals surface area contributed by atoms with E-state index in [1.165, 1.54) is 0 Å². The number of aryl methyl sites for hydroxylation is 1. The lowest BCUT2D eigenvalue weighted by atomic mass is 10.1. The summed E-state index contributed by atoms with van der Waals surface area (Å²) in [6.45, 7) is 3.66. The highest BCUT2D eigenvalue weighted by Crippen LogP contribution is 2.27. The largest absolute Gasteiger partial charge is 0.326 e. The molecule has 0 aliphatic carbocycles. The minimum atomic E-state index is -3.36. The van der Waals surface area contributed by atoms with Crippen molar-refractivity contribution in [3.63, 3.8) is 0 Å². The maximum absolute atomic E-state index is 12.6. The van der Waals surface area contributed by atoms with Gasteiger partial charge in [-0.1, -0.05) is 18.2 Å². The van der Waals surface area contributed by atoms with Gasteiger partial charge in [0.1, 0.15) is 0 Å². The van der Waals surface area contributed by atoms with Gasteiger partial charge >= 0.3 is 0 Å². The van der Waals surface area contributed by atoms with Crippen LogP contribution >= 0.6 is 0 Å². The Kier molecular flexibility index (Phi) is 5.69. The second-order valence-corrected chi connectivity index (χ2v) is 8.78. The molecule has 1 unspecified atom stereocenters. The standard InChI is InChI=1S/C20H23N3O4S/c1-3-28(26,27)22-18-10-9-16(11-14(18)2)21-20(25)15-12-19(24)23(13-15)17-7-5-4-6-8-17/h4-11,15,22H,3,12-13H2,1-2H3,(H,21,25). The highest BCUT2D eigenvalue weighted by atomic mass is 32.2. The molecule has 2 aromatic rings. The molecule has 0 bridgehead atoms. The van der Waals surface area contributed by atoms with Gasteiger partial charge in [-0.25, -0.2) is 8.42 Å². The average molecular weight is 401 g/mol. The van der Waals surface area contributed by atoms with Crippen molar-refractivity contribution in [2.45, 2.75) is 20.3 Å². The predicted octanol–water partition coefficient (Wildman–Crippen LogP) is 2.75. The molecule has 1 atom stereocenters. The van der Waals surface area contributed by atoms with Crippen LogP contribution in [0.4, 0.5) is 17.1 Å². The maximum Gasteiger partial charge on any atom is 0.232 e. The Hall–Kier alpha value is -2.87. The van der Waals surface area contributed by atoms with Crippen molar-refractivity contribution >= 4 is 38.9 Å². The Labute approximate surface area is 164 Å². The smallest absolute Gasteiger partial charge is 0.232 e. The van der Waals surface area contributed by atoms with Crippen molar-refractivity contribution in [1.82, 2.24) is 0 Å². The molecule has 1 saturated heterocycles. The van der Waals surface area contributed by atoms with Gasteiger partial charge in [0.15, 0.2) is 0 Å². The molecule has 0 aromatic heterocycles. The number of nitrogens with zero attached hydrogens (tertiary/aromatic N) is 1. The number of rotatable bonds is 6. The number of hydrogen-bond acceptors (Lipinski definition) is 4. The first kappa shape index (κ1) is 19.9. The number of benzene rings is 2. The van der Waals surface area contributed by atoms with E-state index in [2.05, 4.69) is 10.0 Å². The van der Waals surface area contributed by atoms with Gasteiger partial charge in [-0.05, 0) is 49.7 Å². The van der Waals surface area contributed by atoms with Crippen LogP contribution in [0.2, 0.25) is 0 Å². The molecule has 2 amide bonds. The Balaban J connectivity index is 1.67. The van der Waals surface area contributed by atoms with Gasteiger partial charge in [-0.15, -0.1) is 0 Å². The first-order chi connectivity index (χ1) is 13.3. The van der Waals surface area contributed by atoms with Crippen LogP contribution in [0.5, 0.6) is 0 Å². The number of hydrogen-bond donors (Lipinski definition) is 2. The average Bonchev–Trinajstić information content (AvgIpc) is 3.06. The summed E-state index contributed by atoms with van der Waals surface area (Å²) in [6.07, 6.45) is 0.161. The van der Waals surface area contributed by atoms with Gasteiger partial charge in [0, 0.05) is 24.3 Å². The maximum atomic E-state index is 12.6. The monoisotopic (exact) mass is 401 g/mol. The van der Waals surface area contributed by atoms with Crippen LogP contribution in [-0.2, 0) is 19.6 Å². The highest BCUT2D eigenvalue weighted by molar-refractivity contribution is 7.92. The Bertz CT molecular complexity index is 990. The number of nitrogens with one attached hydrogen (secondary N) is 2. The Morgan fingerprint density at radius 3 is 2.54 bits per heavy atom. The van der Waals surface area contributed by atoms with Gasteiger partial charge in [-0.3, -0.25) is 14.3 Å². The van der Waals surface area contributed by atoms with Crippen molar-refractivity contribution in [1.29, 1.82) is 0 Å². The zero-order valence-electron chi connectivity index (χ0n) is 15.8. The Morgan fingerprint density at radius 1 is 1.18 bits per heavy atom. The molecule has 0 radical (unpaired) electrons. The van der Waals surface area contributed by atoms with Crippen molar-refractivity contribution < 1.29 is 18.0 Å². The molecule has 1 fully saturated rings. The van der Waals surface area contributed by atoms with E-state index in [9.17, 15) is 18.0 Å². The lowest BCUT2D eigenvalue weighted by Crippen LogP contribution is -2.28. The number of sulfonamides is 1. The highest BCUT2D eigenvalue weighted by Gasteiger charge is 2.35. The van der Waals surface area contributed by atoms with Crippen molar-refractivity contribution in [2.75, 3.05) is 27.2 Å². The van der Waals surface area contributed by atoms with E-state index in [0.717, 1.165) is 5.69 Å². The summed E-state index contributed by atoms with van der Waals surface area (Å²) < 4.78 is 25.9. The third-order valence-electron chi connectivity index (χ3n) is 4.70. The van der Waals surface area contributed by atoms with E-state index in [4.69, 9.17) is 0 Å². The van der Waals surface area contributed by atoms with Crippen LogP contribution in [0.3, 0.4) is 0 Å². The minimum Gasteiger partial charge on any atom is -0.326 e. The van der Waals surface area contributed by atoms with Crippen molar-refractivity contribution in [2.24, 2.45) is 5.92 Å². The molecule has 1 heterocycles. The number of carbonyl (C=O) groups is 2. The lowest BCUT2D eigenvalue weighted by molar-refractivity contribution is -0.122. The first-order valence-corrected chi connectivity index (χ1v) is 10.7. The van der Waals surface area contributed by atoms with Gasteiger partial charge in [0.05, 0.1) is 17.4 Å². The Morgan fingerprint density at radius 2 is 1.89 bits per heavy atom. The molecular formula is C20H23N3O4S. The molecule has 1 aliphatic heterocycles. The van der Waals surface area contributed by atoms with E-state index in [-0.39, 0.29) is 24.0 Å². The second-order valence-electron chi connectivity index (χ2n) is 6.77. The molecule has 28 heavy (non-hydrogen) atoms. The fourth-order valence-corrected chi connectivity index (χ4v) is 3.79. The zero-order valence-corrected chi connectivity index (χ0v) is 16.6. The normalized spacial score (nSPS) is 16.9. The SMILES string of the molecule is CCS(=O)(=O)Nc1ccc(NC(=O)C2CC(=O)N(c3ccccc3)C2)cc1C. The van der Waals surface area contributed by atoms with E-state index in [0.29, 0.717) is 23.5 Å². The molecule has 0 saturated carbocycles. The third kappa shape index (κ3) is 4.51. The number of carbonyl (C=O) groups excluding carboxylic acids is 2. The molecule has 0 spiro atoms. The quantitative estimate of drug-likeness (QED) is 0.778. The van der Waals surface area contributed by atoms with Crippen molar-refractivity contribution in [3.8, 4) is 0 Å². The molecular weight excluding hydrogens is 378 g/mol. The molecule has 2 aromatic carbocycles. The summed E-state index contributed by atoms with van der Waals surface area (Å²) in [5.41, 5.74) is 2.52. The van der Waals surface area contributed by atoms with Crippen LogP contribution in [0.25, 0.3) is 0 Å². The number of amides is 2. The van der Waals surface area contributed by atoms with Gasteiger partial charge < -0.3 is 10.2 Å². The molecule has 3 rings (SSSR count). The third-order valence-corrected chi connectivity index (χ3v) is 5.99. The fourth-order valence-electron chi connectivity index (χ4n) is 3.08. The van der Waals surface area contributed by atoms with Crippen LogP contribution < -0.4 is 14.9 Å². The molecule has 8 heteroatoms. The topological polar surface area (TPSA) is 95.6 Å². The van der Waals surface area contributed by atoms with Crippen molar-refractivity contribution in [3.05, 3.63) is 54.1 Å². The second kappa shape index (κ2) is 8.02. The van der Waals surface area contributed by atoms with E-state index in [1.54, 1.807) is 36.9 Å². The molecule has 7 nitrogen and oxygen atoms in total. The van der Waals surface area contributed by atoms with E-state index < -0.39 is 15.9 Å². The summed E-state index contributed by atoms with van der Waals surface area (Å²) in [5, 5.41) is 2.83. The van der Waals surface area contributed by atoms with Gasteiger partial charge in [-0.2, -0.15) is 0 Å². The fraction of sp³-hybridized carbons (Fsp3) is 0.300. The minimum absolute atomic E-state index is 0.0153. The first-order valence-electron chi connectivity index (χ1n) is 9.06. The van der Waals surface area contributed by atoms with Gasteiger partial charge in [0.25, 0.3) is 0 Å². The van der Waals surface area contributed by atoms with Crippen LogP contribution in [0.1, 0.15) is 18.9 Å². The lowest BCUT2D eigenvalue weighted by Gasteiger charge is -2.17. The number of anilines is 3. The van der Waals surface area contributed by atoms with E-state index >= 15 is 0 Å². The summed E-state index contributed by atoms with van der Waals surface area (Å²) in [5.74, 6) is -0.760. The van der Waals surface area contributed by atoms with E-state index in [1.807, 2.05) is 30.3 Å². The molecule has 148 valence electrons. The van der Waals surface area contributed by atoms with Crippen LogP contribution in [-0.4, -0.2) is 32.5 Å². The number of para-hydroxylation sites is 1.